The van der Waals surface area contributed by atoms with Gasteiger partial charge in [0.1, 0.15) is 5.75 Å². The van der Waals surface area contributed by atoms with E-state index in [1.807, 2.05) is 32.9 Å². The largest absolute Gasteiger partial charge is 0.508 e. The molecule has 2 rings (SSSR count). The van der Waals surface area contributed by atoms with E-state index in [0.717, 1.165) is 11.1 Å². The van der Waals surface area contributed by atoms with E-state index in [4.69, 9.17) is 5.11 Å². The lowest BCUT2D eigenvalue weighted by Crippen LogP contribution is -2.03. The van der Waals surface area contributed by atoms with Gasteiger partial charge in [-0.1, -0.05) is 26.0 Å². The van der Waals surface area contributed by atoms with Gasteiger partial charge in [0, 0.05) is 5.92 Å². The summed E-state index contributed by atoms with van der Waals surface area (Å²) in [4.78, 5) is 11.1. The molecule has 1 saturated carbocycles. The van der Waals surface area contributed by atoms with E-state index in [-0.39, 0.29) is 23.0 Å². The molecule has 2 N–H and O–H groups in total. The maximum atomic E-state index is 11.1. The molecule has 1 aliphatic rings. The Morgan fingerprint density at radius 1 is 1.38 bits per heavy atom. The molecule has 3 heteroatoms. The van der Waals surface area contributed by atoms with Gasteiger partial charge in [-0.3, -0.25) is 4.79 Å². The highest BCUT2D eigenvalue weighted by Crippen LogP contribution is 2.64. The third-order valence-corrected chi connectivity index (χ3v) is 3.69. The van der Waals surface area contributed by atoms with Crippen LogP contribution in [0.15, 0.2) is 18.2 Å². The zero-order valence-electron chi connectivity index (χ0n) is 9.69. The normalized spacial score (nSPS) is 26.4. The molecule has 0 amide bonds. The summed E-state index contributed by atoms with van der Waals surface area (Å²) in [5, 5.41) is 18.7. The SMILES string of the molecule is Cc1ccc([C@@H]2[C@@H](C(=O)O)C2(C)C)cc1O. The third-order valence-electron chi connectivity index (χ3n) is 3.69. The smallest absolute Gasteiger partial charge is 0.307 e. The standard InChI is InChI=1S/C13H16O3/c1-7-4-5-8(6-9(7)14)10-11(12(15)16)13(10,2)3/h4-6,10-11,14H,1-3H3,(H,15,16)/t10-,11+/m1/s1. The fraction of sp³-hybridized carbons (Fsp3) is 0.462. The summed E-state index contributed by atoms with van der Waals surface area (Å²) in [6, 6.07) is 5.42. The molecule has 0 unspecified atom stereocenters. The minimum absolute atomic E-state index is 0.0106. The van der Waals surface area contributed by atoms with Gasteiger partial charge in [-0.15, -0.1) is 0 Å². The topological polar surface area (TPSA) is 57.5 Å². The molecule has 3 nitrogen and oxygen atoms in total. The van der Waals surface area contributed by atoms with E-state index in [9.17, 15) is 9.90 Å². The number of aromatic hydroxyl groups is 1. The fourth-order valence-electron chi connectivity index (χ4n) is 2.54. The van der Waals surface area contributed by atoms with Gasteiger partial charge in [-0.2, -0.15) is 0 Å². The van der Waals surface area contributed by atoms with Crippen LogP contribution < -0.4 is 0 Å². The van der Waals surface area contributed by atoms with E-state index < -0.39 is 5.97 Å². The Bertz CT molecular complexity index is 448. The van der Waals surface area contributed by atoms with Crippen LogP contribution in [0.25, 0.3) is 0 Å². The first-order valence-electron chi connectivity index (χ1n) is 5.38. The van der Waals surface area contributed by atoms with Crippen molar-refractivity contribution in [2.24, 2.45) is 11.3 Å². The first-order chi connectivity index (χ1) is 7.35. The van der Waals surface area contributed by atoms with Gasteiger partial charge < -0.3 is 10.2 Å². The van der Waals surface area contributed by atoms with Crippen LogP contribution in [-0.2, 0) is 4.79 Å². The predicted octanol–water partition coefficient (Wildman–Crippen LogP) is 2.52. The zero-order valence-corrected chi connectivity index (χ0v) is 9.69. The molecule has 2 atom stereocenters. The number of phenols is 1. The minimum Gasteiger partial charge on any atom is -0.508 e. The van der Waals surface area contributed by atoms with Crippen molar-refractivity contribution in [1.29, 1.82) is 0 Å². The summed E-state index contributed by atoms with van der Waals surface area (Å²) < 4.78 is 0. The molecule has 16 heavy (non-hydrogen) atoms. The Balaban J connectivity index is 2.33. The first-order valence-corrected chi connectivity index (χ1v) is 5.38. The van der Waals surface area contributed by atoms with Gasteiger partial charge in [0.15, 0.2) is 0 Å². The Morgan fingerprint density at radius 2 is 2.00 bits per heavy atom. The van der Waals surface area contributed by atoms with E-state index in [2.05, 4.69) is 0 Å². The maximum Gasteiger partial charge on any atom is 0.307 e. The van der Waals surface area contributed by atoms with Crippen molar-refractivity contribution in [3.8, 4) is 5.75 Å². The molecule has 1 aliphatic carbocycles. The van der Waals surface area contributed by atoms with Gasteiger partial charge in [0.2, 0.25) is 0 Å². The van der Waals surface area contributed by atoms with E-state index in [1.165, 1.54) is 0 Å². The van der Waals surface area contributed by atoms with Crippen molar-refractivity contribution >= 4 is 5.97 Å². The molecular formula is C13H16O3. The maximum absolute atomic E-state index is 11.1. The van der Waals surface area contributed by atoms with Gasteiger partial charge in [-0.05, 0) is 29.5 Å². The number of hydrogen-bond acceptors (Lipinski definition) is 2. The Labute approximate surface area is 94.7 Å². The second kappa shape index (κ2) is 3.24. The highest BCUT2D eigenvalue weighted by atomic mass is 16.4. The number of rotatable bonds is 2. The molecule has 0 radical (unpaired) electrons. The number of hydrogen-bond donors (Lipinski definition) is 2. The number of carboxylic acids is 1. The molecule has 0 bridgehead atoms. The molecule has 1 aromatic rings. The number of benzene rings is 1. The van der Waals surface area contributed by atoms with Crippen LogP contribution in [-0.4, -0.2) is 16.2 Å². The molecule has 0 saturated heterocycles. The summed E-state index contributed by atoms with van der Waals surface area (Å²) in [6.07, 6.45) is 0. The van der Waals surface area contributed by atoms with Crippen molar-refractivity contribution in [3.63, 3.8) is 0 Å². The summed E-state index contributed by atoms with van der Waals surface area (Å²) in [7, 11) is 0. The lowest BCUT2D eigenvalue weighted by molar-refractivity contribution is -0.139. The second-order valence-corrected chi connectivity index (χ2v) is 5.16. The van der Waals surface area contributed by atoms with Crippen LogP contribution in [0.3, 0.4) is 0 Å². The predicted molar refractivity (Wildman–Crippen MR) is 60.5 cm³/mol. The van der Waals surface area contributed by atoms with Crippen molar-refractivity contribution in [1.82, 2.24) is 0 Å². The number of aliphatic carboxylic acids is 1. The second-order valence-electron chi connectivity index (χ2n) is 5.16. The van der Waals surface area contributed by atoms with Crippen LogP contribution in [0.4, 0.5) is 0 Å². The molecule has 86 valence electrons. The van der Waals surface area contributed by atoms with E-state index >= 15 is 0 Å². The highest BCUT2D eigenvalue weighted by molar-refractivity contribution is 5.77. The summed E-state index contributed by atoms with van der Waals surface area (Å²) in [5.41, 5.74) is 1.52. The summed E-state index contributed by atoms with van der Waals surface area (Å²) >= 11 is 0. The van der Waals surface area contributed by atoms with Crippen LogP contribution in [0.2, 0.25) is 0 Å². The van der Waals surface area contributed by atoms with Gasteiger partial charge in [0.05, 0.1) is 5.92 Å². The van der Waals surface area contributed by atoms with Gasteiger partial charge in [-0.25, -0.2) is 0 Å². The van der Waals surface area contributed by atoms with Gasteiger partial charge in [0.25, 0.3) is 0 Å². The Hall–Kier alpha value is -1.51. The van der Waals surface area contributed by atoms with Crippen molar-refractivity contribution in [2.75, 3.05) is 0 Å². The zero-order chi connectivity index (χ0) is 12.1. The monoisotopic (exact) mass is 220 g/mol. The molecular weight excluding hydrogens is 204 g/mol. The molecule has 0 spiro atoms. The van der Waals surface area contributed by atoms with Crippen LogP contribution in [0.5, 0.6) is 5.75 Å². The highest BCUT2D eigenvalue weighted by Gasteiger charge is 2.62. The molecule has 0 aromatic heterocycles. The van der Waals surface area contributed by atoms with E-state index in [0.29, 0.717) is 0 Å². The van der Waals surface area contributed by atoms with Crippen LogP contribution >= 0.6 is 0 Å². The summed E-state index contributed by atoms with van der Waals surface area (Å²) in [5.74, 6) is -0.842. The molecule has 1 fully saturated rings. The molecule has 1 aromatic carbocycles. The lowest BCUT2D eigenvalue weighted by atomic mass is 10.0. The van der Waals surface area contributed by atoms with Crippen molar-refractivity contribution in [2.45, 2.75) is 26.7 Å². The van der Waals surface area contributed by atoms with Crippen LogP contribution in [0, 0.1) is 18.3 Å². The lowest BCUT2D eigenvalue weighted by Gasteiger charge is -2.05. The number of carboxylic acid groups (broad SMARTS) is 1. The third kappa shape index (κ3) is 1.47. The quantitative estimate of drug-likeness (QED) is 0.805. The Kier molecular flexibility index (Phi) is 2.22. The number of phenolic OH excluding ortho intramolecular Hbond substituents is 1. The average Bonchev–Trinajstić information content (AvgIpc) is 2.74. The molecule has 0 heterocycles. The van der Waals surface area contributed by atoms with Crippen molar-refractivity contribution < 1.29 is 15.0 Å². The van der Waals surface area contributed by atoms with Crippen molar-refractivity contribution in [3.05, 3.63) is 29.3 Å². The average molecular weight is 220 g/mol. The minimum atomic E-state index is -0.755. The van der Waals surface area contributed by atoms with Crippen LogP contribution in [0.1, 0.15) is 30.9 Å². The first kappa shape index (κ1) is 11.0. The van der Waals surface area contributed by atoms with E-state index in [1.54, 1.807) is 6.07 Å². The van der Waals surface area contributed by atoms with Gasteiger partial charge >= 0.3 is 5.97 Å². The number of aryl methyl sites for hydroxylation is 1. The molecule has 0 aliphatic heterocycles. The fourth-order valence-corrected chi connectivity index (χ4v) is 2.54. The Morgan fingerprint density at radius 3 is 2.44 bits per heavy atom. The number of carbonyl (C=O) groups is 1. The summed E-state index contributed by atoms with van der Waals surface area (Å²) in [6.45, 7) is 5.73.